The summed E-state index contributed by atoms with van der Waals surface area (Å²) in [5.41, 5.74) is 6.71. The number of pyridine rings is 1. The molecule has 5 heteroatoms. The number of benzene rings is 2. The fourth-order valence-corrected chi connectivity index (χ4v) is 3.18. The Morgan fingerprint density at radius 3 is 2.44 bits per heavy atom. The van der Waals surface area contributed by atoms with Gasteiger partial charge in [0.15, 0.2) is 0 Å². The van der Waals surface area contributed by atoms with Gasteiger partial charge in [0.2, 0.25) is 11.7 Å². The molecule has 27 heavy (non-hydrogen) atoms. The predicted octanol–water partition coefficient (Wildman–Crippen LogP) is 5.13. The molecule has 0 radical (unpaired) electrons. The molecule has 0 aliphatic heterocycles. The largest absolute Gasteiger partial charge is 0.365 e. The third-order valence-electron chi connectivity index (χ3n) is 4.69. The van der Waals surface area contributed by atoms with Crippen LogP contribution >= 0.6 is 0 Å². The SMILES string of the molecule is Cc1ccc(C)c(CNc2nc3ccc(C)cc3cc2-c2noc(C)n2)c1. The summed E-state index contributed by atoms with van der Waals surface area (Å²) in [4.78, 5) is 9.24. The van der Waals surface area contributed by atoms with Crippen molar-refractivity contribution in [1.82, 2.24) is 15.1 Å². The summed E-state index contributed by atoms with van der Waals surface area (Å²) in [5.74, 6) is 1.84. The molecule has 136 valence electrons. The van der Waals surface area contributed by atoms with Gasteiger partial charge in [0, 0.05) is 18.9 Å². The lowest BCUT2D eigenvalue weighted by Crippen LogP contribution is -2.05. The number of rotatable bonds is 4. The lowest BCUT2D eigenvalue weighted by Gasteiger charge is -2.13. The first-order chi connectivity index (χ1) is 13.0. The lowest BCUT2D eigenvalue weighted by atomic mass is 10.1. The Balaban J connectivity index is 1.77. The number of nitrogens with zero attached hydrogens (tertiary/aromatic N) is 3. The summed E-state index contributed by atoms with van der Waals surface area (Å²) in [5, 5.41) is 8.64. The van der Waals surface area contributed by atoms with Crippen LogP contribution < -0.4 is 5.32 Å². The molecule has 0 bridgehead atoms. The van der Waals surface area contributed by atoms with Gasteiger partial charge in [-0.1, -0.05) is 40.5 Å². The van der Waals surface area contributed by atoms with Crippen LogP contribution in [-0.2, 0) is 6.54 Å². The highest BCUT2D eigenvalue weighted by molar-refractivity contribution is 5.88. The van der Waals surface area contributed by atoms with Gasteiger partial charge in [-0.05, 0) is 50.1 Å². The van der Waals surface area contributed by atoms with Crippen LogP contribution in [0.3, 0.4) is 0 Å². The predicted molar refractivity (Wildman–Crippen MR) is 108 cm³/mol. The zero-order valence-electron chi connectivity index (χ0n) is 16.0. The highest BCUT2D eigenvalue weighted by atomic mass is 16.5. The maximum atomic E-state index is 5.19. The molecule has 0 spiro atoms. The van der Waals surface area contributed by atoms with E-state index < -0.39 is 0 Å². The molecular formula is C22H22N4O. The van der Waals surface area contributed by atoms with E-state index >= 15 is 0 Å². The van der Waals surface area contributed by atoms with Crippen molar-refractivity contribution in [2.24, 2.45) is 0 Å². The van der Waals surface area contributed by atoms with Gasteiger partial charge in [-0.15, -0.1) is 0 Å². The Morgan fingerprint density at radius 2 is 1.67 bits per heavy atom. The first-order valence-corrected chi connectivity index (χ1v) is 9.02. The molecule has 5 nitrogen and oxygen atoms in total. The molecule has 2 aromatic carbocycles. The number of hydrogen-bond donors (Lipinski definition) is 1. The number of nitrogens with one attached hydrogen (secondary N) is 1. The Morgan fingerprint density at radius 1 is 0.889 bits per heavy atom. The quantitative estimate of drug-likeness (QED) is 0.548. The van der Waals surface area contributed by atoms with Crippen LogP contribution in [0.4, 0.5) is 5.82 Å². The van der Waals surface area contributed by atoms with Gasteiger partial charge in [-0.2, -0.15) is 4.98 Å². The standard InChI is InChI=1S/C22H22N4O/c1-13-5-7-15(3)18(10-13)12-23-21-19(22-24-16(4)27-26-22)11-17-9-14(2)6-8-20(17)25-21/h5-11H,12H2,1-4H3,(H,23,25). The Kier molecular flexibility index (Phi) is 4.36. The van der Waals surface area contributed by atoms with E-state index in [4.69, 9.17) is 9.51 Å². The fourth-order valence-electron chi connectivity index (χ4n) is 3.18. The first kappa shape index (κ1) is 17.2. The van der Waals surface area contributed by atoms with Crippen molar-refractivity contribution >= 4 is 16.7 Å². The van der Waals surface area contributed by atoms with Crippen molar-refractivity contribution in [3.05, 3.63) is 70.6 Å². The van der Waals surface area contributed by atoms with Gasteiger partial charge in [-0.25, -0.2) is 4.98 Å². The third kappa shape index (κ3) is 3.53. The minimum atomic E-state index is 0.537. The van der Waals surface area contributed by atoms with Gasteiger partial charge < -0.3 is 9.84 Å². The van der Waals surface area contributed by atoms with E-state index in [1.807, 2.05) is 6.07 Å². The normalized spacial score (nSPS) is 11.1. The molecule has 0 aliphatic rings. The summed E-state index contributed by atoms with van der Waals surface area (Å²) in [7, 11) is 0. The second kappa shape index (κ2) is 6.83. The molecule has 0 amide bonds. The van der Waals surface area contributed by atoms with Crippen LogP contribution in [0.2, 0.25) is 0 Å². The van der Waals surface area contributed by atoms with Crippen LogP contribution in [0.1, 0.15) is 28.1 Å². The van der Waals surface area contributed by atoms with E-state index in [9.17, 15) is 0 Å². The number of fused-ring (bicyclic) bond motifs is 1. The van der Waals surface area contributed by atoms with E-state index in [0.29, 0.717) is 18.3 Å². The van der Waals surface area contributed by atoms with Crippen LogP contribution in [0, 0.1) is 27.7 Å². The maximum absolute atomic E-state index is 5.19. The van der Waals surface area contributed by atoms with Gasteiger partial charge >= 0.3 is 0 Å². The molecular weight excluding hydrogens is 336 g/mol. The van der Waals surface area contributed by atoms with E-state index in [2.05, 4.69) is 72.6 Å². The fraction of sp³-hybridized carbons (Fsp3) is 0.227. The summed E-state index contributed by atoms with van der Waals surface area (Å²) in [6.07, 6.45) is 0. The van der Waals surface area contributed by atoms with Crippen molar-refractivity contribution in [2.75, 3.05) is 5.32 Å². The van der Waals surface area contributed by atoms with E-state index in [1.54, 1.807) is 6.92 Å². The number of hydrogen-bond acceptors (Lipinski definition) is 5. The second-order valence-corrected chi connectivity index (χ2v) is 7.00. The molecule has 0 saturated heterocycles. The smallest absolute Gasteiger partial charge is 0.223 e. The number of anilines is 1. The molecule has 0 unspecified atom stereocenters. The third-order valence-corrected chi connectivity index (χ3v) is 4.69. The van der Waals surface area contributed by atoms with Gasteiger partial charge in [-0.3, -0.25) is 0 Å². The summed E-state index contributed by atoms with van der Waals surface area (Å²) < 4.78 is 5.19. The Labute approximate surface area is 158 Å². The second-order valence-electron chi connectivity index (χ2n) is 7.00. The number of aromatic nitrogens is 3. The highest BCUT2D eigenvalue weighted by Crippen LogP contribution is 2.29. The van der Waals surface area contributed by atoms with E-state index in [1.165, 1.54) is 22.3 Å². The molecule has 0 atom stereocenters. The van der Waals surface area contributed by atoms with Gasteiger partial charge in [0.05, 0.1) is 11.1 Å². The lowest BCUT2D eigenvalue weighted by molar-refractivity contribution is 0.394. The molecule has 0 aliphatic carbocycles. The Hall–Kier alpha value is -3.21. The monoisotopic (exact) mass is 358 g/mol. The van der Waals surface area contributed by atoms with E-state index in [0.717, 1.165) is 22.3 Å². The average Bonchev–Trinajstić information content (AvgIpc) is 3.08. The van der Waals surface area contributed by atoms with Crippen molar-refractivity contribution in [1.29, 1.82) is 0 Å². The van der Waals surface area contributed by atoms with Crippen LogP contribution in [0.25, 0.3) is 22.3 Å². The summed E-state index contributed by atoms with van der Waals surface area (Å²) in [6, 6.07) is 14.8. The number of aryl methyl sites for hydroxylation is 4. The summed E-state index contributed by atoms with van der Waals surface area (Å²) in [6.45, 7) is 8.77. The highest BCUT2D eigenvalue weighted by Gasteiger charge is 2.15. The molecule has 0 saturated carbocycles. The van der Waals surface area contributed by atoms with Crippen molar-refractivity contribution in [2.45, 2.75) is 34.2 Å². The van der Waals surface area contributed by atoms with Crippen LogP contribution in [0.15, 0.2) is 47.0 Å². The maximum Gasteiger partial charge on any atom is 0.223 e. The Bertz CT molecular complexity index is 1130. The zero-order valence-corrected chi connectivity index (χ0v) is 16.0. The van der Waals surface area contributed by atoms with Crippen molar-refractivity contribution in [3.8, 4) is 11.4 Å². The molecule has 4 rings (SSSR count). The topological polar surface area (TPSA) is 63.8 Å². The van der Waals surface area contributed by atoms with Gasteiger partial charge in [0.25, 0.3) is 0 Å². The van der Waals surface area contributed by atoms with E-state index in [-0.39, 0.29) is 0 Å². The van der Waals surface area contributed by atoms with Crippen molar-refractivity contribution < 1.29 is 4.52 Å². The average molecular weight is 358 g/mol. The molecule has 1 N–H and O–H groups in total. The minimum Gasteiger partial charge on any atom is -0.365 e. The minimum absolute atomic E-state index is 0.537. The summed E-state index contributed by atoms with van der Waals surface area (Å²) >= 11 is 0. The molecule has 0 fully saturated rings. The molecule has 4 aromatic rings. The molecule has 2 heterocycles. The van der Waals surface area contributed by atoms with Crippen molar-refractivity contribution in [3.63, 3.8) is 0 Å². The van der Waals surface area contributed by atoms with Crippen LogP contribution in [-0.4, -0.2) is 15.1 Å². The van der Waals surface area contributed by atoms with Gasteiger partial charge in [0.1, 0.15) is 5.82 Å². The van der Waals surface area contributed by atoms with Crippen LogP contribution in [0.5, 0.6) is 0 Å². The first-order valence-electron chi connectivity index (χ1n) is 9.02. The zero-order chi connectivity index (χ0) is 19.0. The molecule has 2 aromatic heterocycles.